The Bertz CT molecular complexity index is 921. The smallest absolute Gasteiger partial charge is 0.247 e. The van der Waals surface area contributed by atoms with Crippen molar-refractivity contribution in [3.63, 3.8) is 0 Å². The fraction of sp³-hybridized carbons (Fsp3) is 0.278. The molecule has 3 rings (SSSR count). The lowest BCUT2D eigenvalue weighted by atomic mass is 9.98. The zero-order valence-electron chi connectivity index (χ0n) is 14.3. The van der Waals surface area contributed by atoms with E-state index in [0.29, 0.717) is 23.4 Å². The molecule has 2 aromatic rings. The van der Waals surface area contributed by atoms with E-state index in [1.807, 2.05) is 31.2 Å². The third-order valence-electron chi connectivity index (χ3n) is 4.18. The van der Waals surface area contributed by atoms with Gasteiger partial charge in [-0.3, -0.25) is 0 Å². The highest BCUT2D eigenvalue weighted by atomic mass is 32.2. The van der Waals surface area contributed by atoms with Gasteiger partial charge in [0.1, 0.15) is 0 Å². The molecule has 1 aliphatic heterocycles. The van der Waals surface area contributed by atoms with Gasteiger partial charge in [0.05, 0.1) is 25.1 Å². The monoisotopic (exact) mass is 360 g/mol. The Morgan fingerprint density at radius 3 is 2.48 bits per heavy atom. The first kappa shape index (κ1) is 17.3. The zero-order chi connectivity index (χ0) is 18.2. The summed E-state index contributed by atoms with van der Waals surface area (Å²) in [6.45, 7) is 1.98. The zero-order valence-corrected chi connectivity index (χ0v) is 15.1. The number of benzene rings is 2. The Morgan fingerprint density at radius 2 is 1.88 bits per heavy atom. The molecule has 0 aliphatic carbocycles. The molecule has 0 radical (unpaired) electrons. The fourth-order valence-electron chi connectivity index (χ4n) is 2.96. The molecule has 1 atom stereocenters. The number of hydrogen-bond acceptors (Lipinski definition) is 5. The van der Waals surface area contributed by atoms with Crippen molar-refractivity contribution < 1.29 is 18.3 Å². The minimum absolute atomic E-state index is 0.00704. The summed E-state index contributed by atoms with van der Waals surface area (Å²) in [6.07, 6.45) is 1.54. The number of phenols is 1. The molecule has 25 heavy (non-hydrogen) atoms. The maximum Gasteiger partial charge on any atom is 0.247 e. The summed E-state index contributed by atoms with van der Waals surface area (Å²) in [6, 6.07) is 12.3. The van der Waals surface area contributed by atoms with Crippen molar-refractivity contribution in [1.82, 2.24) is 4.41 Å². The number of rotatable bonds is 4. The van der Waals surface area contributed by atoms with Crippen LogP contribution in [0.4, 0.5) is 0 Å². The number of methoxy groups -OCH3 is 1. The van der Waals surface area contributed by atoms with Gasteiger partial charge in [0.25, 0.3) is 0 Å². The van der Waals surface area contributed by atoms with Crippen LogP contribution in [0.25, 0.3) is 0 Å². The van der Waals surface area contributed by atoms with Crippen LogP contribution in [-0.2, 0) is 10.0 Å². The average molecular weight is 360 g/mol. The largest absolute Gasteiger partial charge is 0.504 e. The van der Waals surface area contributed by atoms with Crippen LogP contribution >= 0.6 is 0 Å². The Morgan fingerprint density at radius 1 is 1.20 bits per heavy atom. The van der Waals surface area contributed by atoms with Crippen molar-refractivity contribution in [2.24, 2.45) is 5.10 Å². The second kappa shape index (κ2) is 6.40. The molecule has 0 saturated carbocycles. The first-order chi connectivity index (χ1) is 11.8. The molecule has 1 N–H and O–H groups in total. The van der Waals surface area contributed by atoms with E-state index in [1.165, 1.54) is 13.2 Å². The standard InChI is InChI=1S/C18H20N2O4S/c1-12-7-9-13(10-8-12)16-11-15(19-20(16)25(3,22)23)14-5-4-6-17(21)18(14)24-2/h4-10,16,21H,11H2,1-3H3/t16-/m1/s1. The Kier molecular flexibility index (Phi) is 4.43. The minimum atomic E-state index is -3.54. The van der Waals surface area contributed by atoms with Gasteiger partial charge in [-0.15, -0.1) is 0 Å². The SMILES string of the molecule is COc1c(O)cccc1C1=NN(S(C)(=O)=O)[C@@H](c2ccc(C)cc2)C1. The number of sulfonamides is 1. The van der Waals surface area contributed by atoms with E-state index in [1.54, 1.807) is 12.1 Å². The number of aromatic hydroxyl groups is 1. The van der Waals surface area contributed by atoms with Crippen molar-refractivity contribution in [2.75, 3.05) is 13.4 Å². The highest BCUT2D eigenvalue weighted by Crippen LogP contribution is 2.38. The molecule has 0 fully saturated rings. The van der Waals surface area contributed by atoms with Gasteiger partial charge in [-0.1, -0.05) is 35.9 Å². The second-order valence-corrected chi connectivity index (χ2v) is 7.91. The number of hydrogen-bond donors (Lipinski definition) is 1. The van der Waals surface area contributed by atoms with E-state index in [9.17, 15) is 13.5 Å². The van der Waals surface area contributed by atoms with Crippen LogP contribution in [0.5, 0.6) is 11.5 Å². The van der Waals surface area contributed by atoms with Crippen molar-refractivity contribution in [2.45, 2.75) is 19.4 Å². The van der Waals surface area contributed by atoms with Crippen molar-refractivity contribution in [3.05, 3.63) is 59.2 Å². The number of ether oxygens (including phenoxy) is 1. The van der Waals surface area contributed by atoms with Gasteiger partial charge in [0.2, 0.25) is 10.0 Å². The highest BCUT2D eigenvalue weighted by molar-refractivity contribution is 7.88. The number of nitrogens with zero attached hydrogens (tertiary/aromatic N) is 2. The molecule has 2 aromatic carbocycles. The number of aryl methyl sites for hydroxylation is 1. The lowest BCUT2D eigenvalue weighted by molar-refractivity contribution is 0.372. The van der Waals surface area contributed by atoms with Gasteiger partial charge >= 0.3 is 0 Å². The normalized spacial score (nSPS) is 17.5. The van der Waals surface area contributed by atoms with Crippen molar-refractivity contribution in [1.29, 1.82) is 0 Å². The van der Waals surface area contributed by atoms with Gasteiger partial charge in [0, 0.05) is 12.0 Å². The molecule has 6 nitrogen and oxygen atoms in total. The molecule has 1 heterocycles. The Balaban J connectivity index is 2.06. The van der Waals surface area contributed by atoms with Crippen LogP contribution in [-0.4, -0.2) is 37.0 Å². The van der Waals surface area contributed by atoms with E-state index >= 15 is 0 Å². The van der Waals surface area contributed by atoms with Crippen molar-refractivity contribution in [3.8, 4) is 11.5 Å². The predicted molar refractivity (Wildman–Crippen MR) is 96.4 cm³/mol. The lowest BCUT2D eigenvalue weighted by Gasteiger charge is -2.21. The first-order valence-corrected chi connectivity index (χ1v) is 9.66. The number of hydrazone groups is 1. The third kappa shape index (κ3) is 3.32. The van der Waals surface area contributed by atoms with Crippen molar-refractivity contribution >= 4 is 15.7 Å². The quantitative estimate of drug-likeness (QED) is 0.909. The third-order valence-corrected chi connectivity index (χ3v) is 5.20. The molecular weight excluding hydrogens is 340 g/mol. The average Bonchev–Trinajstić information content (AvgIpc) is 3.00. The molecule has 0 bridgehead atoms. The summed E-state index contributed by atoms with van der Waals surface area (Å²) < 4.78 is 30.8. The molecule has 0 aromatic heterocycles. The van der Waals surface area contributed by atoms with Crippen LogP contribution < -0.4 is 4.74 Å². The first-order valence-electron chi connectivity index (χ1n) is 7.81. The Hall–Kier alpha value is -2.54. The van der Waals surface area contributed by atoms with Gasteiger partial charge in [-0.05, 0) is 24.6 Å². The topological polar surface area (TPSA) is 79.2 Å². The predicted octanol–water partition coefficient (Wildman–Crippen LogP) is 2.82. The van der Waals surface area contributed by atoms with E-state index in [2.05, 4.69) is 5.10 Å². The van der Waals surface area contributed by atoms with Gasteiger partial charge in [-0.25, -0.2) is 8.42 Å². The summed E-state index contributed by atoms with van der Waals surface area (Å²) >= 11 is 0. The van der Waals surface area contributed by atoms with Crippen LogP contribution in [0.2, 0.25) is 0 Å². The van der Waals surface area contributed by atoms with Gasteiger partial charge < -0.3 is 9.84 Å². The van der Waals surface area contributed by atoms with E-state index in [4.69, 9.17) is 4.74 Å². The molecular formula is C18H20N2O4S. The highest BCUT2D eigenvalue weighted by Gasteiger charge is 2.35. The lowest BCUT2D eigenvalue weighted by Crippen LogP contribution is -2.25. The summed E-state index contributed by atoms with van der Waals surface area (Å²) in [5.74, 6) is 0.284. The minimum Gasteiger partial charge on any atom is -0.504 e. The molecule has 0 amide bonds. The number of para-hydroxylation sites is 1. The van der Waals surface area contributed by atoms with E-state index < -0.39 is 16.1 Å². The maximum atomic E-state index is 12.2. The summed E-state index contributed by atoms with van der Waals surface area (Å²) in [4.78, 5) is 0. The molecule has 132 valence electrons. The molecule has 7 heteroatoms. The van der Waals surface area contributed by atoms with Crippen LogP contribution in [0.1, 0.15) is 29.2 Å². The van der Waals surface area contributed by atoms with Crippen LogP contribution in [0, 0.1) is 6.92 Å². The van der Waals surface area contributed by atoms with Crippen LogP contribution in [0.3, 0.4) is 0 Å². The van der Waals surface area contributed by atoms with Gasteiger partial charge in [-0.2, -0.15) is 9.52 Å². The summed E-state index contributed by atoms with van der Waals surface area (Å²) in [7, 11) is -2.08. The Labute approximate surface area is 147 Å². The second-order valence-electron chi connectivity index (χ2n) is 6.07. The van der Waals surface area contributed by atoms with E-state index in [0.717, 1.165) is 21.8 Å². The maximum absolute atomic E-state index is 12.2. The molecule has 0 unspecified atom stereocenters. The fourth-order valence-corrected chi connectivity index (χ4v) is 3.87. The summed E-state index contributed by atoms with van der Waals surface area (Å²) in [5.41, 5.74) is 3.12. The number of phenolic OH excluding ortho intramolecular Hbond substituents is 1. The van der Waals surface area contributed by atoms with Gasteiger partial charge in [0.15, 0.2) is 11.5 Å². The molecule has 0 saturated heterocycles. The molecule has 0 spiro atoms. The van der Waals surface area contributed by atoms with E-state index in [-0.39, 0.29) is 5.75 Å². The summed E-state index contributed by atoms with van der Waals surface area (Å²) in [5, 5.41) is 14.3. The molecule has 1 aliphatic rings. The van der Waals surface area contributed by atoms with Crippen LogP contribution in [0.15, 0.2) is 47.6 Å².